The van der Waals surface area contributed by atoms with E-state index in [0.29, 0.717) is 36.5 Å². The maximum Gasteiger partial charge on any atom is 0.243 e. The molecule has 1 N–H and O–H groups in total. The molecule has 1 saturated heterocycles. The molecule has 1 aliphatic heterocycles. The van der Waals surface area contributed by atoms with Crippen LogP contribution in [0.2, 0.25) is 5.02 Å². The molecule has 142 valence electrons. The lowest BCUT2D eigenvalue weighted by Crippen LogP contribution is -2.39. The molecular weight excluding hydrogens is 390 g/mol. The Morgan fingerprint density at radius 3 is 2.67 bits per heavy atom. The predicted octanol–water partition coefficient (Wildman–Crippen LogP) is 2.05. The highest BCUT2D eigenvalue weighted by atomic mass is 35.5. The van der Waals surface area contributed by atoms with E-state index < -0.39 is 10.0 Å². The van der Waals surface area contributed by atoms with Gasteiger partial charge in [-0.25, -0.2) is 8.42 Å². The fraction of sp³-hybridized carbons (Fsp3) is 0.375. The molecule has 0 radical (unpaired) electrons. The SMILES string of the molecule is Cc1cnn(C2CCN(S(=O)(=O)c3ccc(Cl)c(-c4nn[nH]n4)c3)CC2)c1. The average molecular weight is 408 g/mol. The minimum absolute atomic E-state index is 0.167. The van der Waals surface area contributed by atoms with E-state index in [1.54, 1.807) is 6.07 Å². The fourth-order valence-electron chi connectivity index (χ4n) is 3.24. The molecule has 0 atom stereocenters. The number of hydrogen-bond acceptors (Lipinski definition) is 6. The topological polar surface area (TPSA) is 110 Å². The number of tetrazole rings is 1. The first-order chi connectivity index (χ1) is 12.9. The third kappa shape index (κ3) is 3.47. The van der Waals surface area contributed by atoms with Gasteiger partial charge in [0.15, 0.2) is 0 Å². The Morgan fingerprint density at radius 1 is 1.26 bits per heavy atom. The molecule has 1 aliphatic rings. The molecule has 2 aromatic heterocycles. The van der Waals surface area contributed by atoms with Gasteiger partial charge < -0.3 is 0 Å². The van der Waals surface area contributed by atoms with Gasteiger partial charge in [-0.05, 0) is 48.7 Å². The van der Waals surface area contributed by atoms with Crippen molar-refractivity contribution in [2.75, 3.05) is 13.1 Å². The Morgan fingerprint density at radius 2 is 2.04 bits per heavy atom. The second kappa shape index (κ2) is 7.02. The van der Waals surface area contributed by atoms with Crippen molar-refractivity contribution in [3.8, 4) is 11.4 Å². The summed E-state index contributed by atoms with van der Waals surface area (Å²) in [5.41, 5.74) is 1.52. The summed E-state index contributed by atoms with van der Waals surface area (Å²) in [4.78, 5) is 0.167. The summed E-state index contributed by atoms with van der Waals surface area (Å²) in [6, 6.07) is 4.75. The molecule has 0 bridgehead atoms. The summed E-state index contributed by atoms with van der Waals surface area (Å²) in [6.45, 7) is 2.86. The third-order valence-corrected chi connectivity index (χ3v) is 6.91. The monoisotopic (exact) mass is 407 g/mol. The Balaban J connectivity index is 1.55. The second-order valence-electron chi connectivity index (χ2n) is 6.51. The van der Waals surface area contributed by atoms with Crippen LogP contribution in [-0.2, 0) is 10.0 Å². The zero-order valence-corrected chi connectivity index (χ0v) is 16.2. The smallest absolute Gasteiger partial charge is 0.243 e. The summed E-state index contributed by atoms with van der Waals surface area (Å²) in [5.74, 6) is 0.254. The van der Waals surface area contributed by atoms with Crippen LogP contribution >= 0.6 is 11.6 Å². The van der Waals surface area contributed by atoms with Crippen LogP contribution in [0.4, 0.5) is 0 Å². The average Bonchev–Trinajstić information content (AvgIpc) is 3.34. The minimum Gasteiger partial charge on any atom is -0.269 e. The van der Waals surface area contributed by atoms with E-state index in [4.69, 9.17) is 11.6 Å². The van der Waals surface area contributed by atoms with E-state index in [0.717, 1.165) is 5.56 Å². The van der Waals surface area contributed by atoms with Crippen molar-refractivity contribution in [1.29, 1.82) is 0 Å². The number of nitrogens with one attached hydrogen (secondary N) is 1. The van der Waals surface area contributed by atoms with Gasteiger partial charge in [-0.3, -0.25) is 4.68 Å². The van der Waals surface area contributed by atoms with Crippen LogP contribution in [-0.4, -0.2) is 56.2 Å². The Bertz CT molecular complexity index is 1040. The first-order valence-corrected chi connectivity index (χ1v) is 10.3. The molecule has 4 rings (SSSR count). The Hall–Kier alpha value is -2.30. The molecule has 0 spiro atoms. The second-order valence-corrected chi connectivity index (χ2v) is 8.86. The van der Waals surface area contributed by atoms with Crippen molar-refractivity contribution in [2.24, 2.45) is 0 Å². The van der Waals surface area contributed by atoms with E-state index in [-0.39, 0.29) is 16.8 Å². The number of H-pyrrole nitrogens is 1. The molecule has 0 amide bonds. The van der Waals surface area contributed by atoms with Crippen molar-refractivity contribution < 1.29 is 8.42 Å². The molecule has 9 nitrogen and oxygen atoms in total. The quantitative estimate of drug-likeness (QED) is 0.708. The Labute approximate surface area is 161 Å². The van der Waals surface area contributed by atoms with Gasteiger partial charge in [-0.1, -0.05) is 11.6 Å². The van der Waals surface area contributed by atoms with Crippen LogP contribution < -0.4 is 0 Å². The minimum atomic E-state index is -3.63. The zero-order chi connectivity index (χ0) is 19.0. The van der Waals surface area contributed by atoms with Crippen molar-refractivity contribution >= 4 is 21.6 Å². The summed E-state index contributed by atoms with van der Waals surface area (Å²) in [7, 11) is -3.63. The highest BCUT2D eigenvalue weighted by Crippen LogP contribution is 2.31. The summed E-state index contributed by atoms with van der Waals surface area (Å²) in [6.07, 6.45) is 5.23. The number of nitrogens with zero attached hydrogens (tertiary/aromatic N) is 6. The highest BCUT2D eigenvalue weighted by Gasteiger charge is 2.31. The highest BCUT2D eigenvalue weighted by molar-refractivity contribution is 7.89. The maximum atomic E-state index is 13.1. The number of halogens is 1. The van der Waals surface area contributed by atoms with Gasteiger partial charge >= 0.3 is 0 Å². The number of aromatic nitrogens is 6. The normalized spacial score (nSPS) is 16.7. The van der Waals surface area contributed by atoms with Crippen LogP contribution in [0.25, 0.3) is 11.4 Å². The molecule has 3 aromatic rings. The van der Waals surface area contributed by atoms with Crippen molar-refractivity contribution in [1.82, 2.24) is 34.7 Å². The molecule has 0 saturated carbocycles. The molecule has 0 aliphatic carbocycles. The Kier molecular flexibility index (Phi) is 4.70. The molecule has 27 heavy (non-hydrogen) atoms. The number of piperidine rings is 1. The van der Waals surface area contributed by atoms with Gasteiger partial charge in [0.1, 0.15) is 0 Å². The molecule has 1 aromatic carbocycles. The summed E-state index contributed by atoms with van der Waals surface area (Å²) < 4.78 is 29.6. The van der Waals surface area contributed by atoms with E-state index in [9.17, 15) is 8.42 Å². The van der Waals surface area contributed by atoms with Crippen molar-refractivity contribution in [3.05, 3.63) is 41.2 Å². The molecule has 1 fully saturated rings. The number of benzene rings is 1. The summed E-state index contributed by atoms with van der Waals surface area (Å²) in [5, 5.41) is 18.3. The lowest BCUT2D eigenvalue weighted by Gasteiger charge is -2.31. The van der Waals surface area contributed by atoms with Gasteiger partial charge in [0.25, 0.3) is 0 Å². The lowest BCUT2D eigenvalue weighted by atomic mass is 10.1. The lowest BCUT2D eigenvalue weighted by molar-refractivity contribution is 0.261. The largest absolute Gasteiger partial charge is 0.269 e. The van der Waals surface area contributed by atoms with Gasteiger partial charge in [0, 0.05) is 24.8 Å². The van der Waals surface area contributed by atoms with E-state index in [1.165, 1.54) is 16.4 Å². The van der Waals surface area contributed by atoms with Crippen LogP contribution in [0.5, 0.6) is 0 Å². The number of sulfonamides is 1. The van der Waals surface area contributed by atoms with Gasteiger partial charge in [-0.2, -0.15) is 14.6 Å². The maximum absolute atomic E-state index is 13.1. The first kappa shape index (κ1) is 18.1. The number of aryl methyl sites for hydroxylation is 1. The van der Waals surface area contributed by atoms with Crippen molar-refractivity contribution in [2.45, 2.75) is 30.7 Å². The van der Waals surface area contributed by atoms with Crippen LogP contribution in [0.1, 0.15) is 24.4 Å². The molecule has 0 unspecified atom stereocenters. The number of rotatable bonds is 4. The van der Waals surface area contributed by atoms with Crippen LogP contribution in [0, 0.1) is 6.92 Å². The van der Waals surface area contributed by atoms with Crippen LogP contribution in [0.15, 0.2) is 35.5 Å². The van der Waals surface area contributed by atoms with E-state index in [2.05, 4.69) is 25.7 Å². The fourth-order valence-corrected chi connectivity index (χ4v) is 4.94. The van der Waals surface area contributed by atoms with E-state index in [1.807, 2.05) is 24.0 Å². The van der Waals surface area contributed by atoms with E-state index >= 15 is 0 Å². The van der Waals surface area contributed by atoms with Gasteiger partial charge in [0.05, 0.1) is 22.2 Å². The molecular formula is C16H18ClN7O2S. The summed E-state index contributed by atoms with van der Waals surface area (Å²) >= 11 is 6.17. The van der Waals surface area contributed by atoms with Gasteiger partial charge in [0.2, 0.25) is 15.8 Å². The zero-order valence-electron chi connectivity index (χ0n) is 14.6. The standard InChI is InChI=1S/C16H18ClN7O2S/c1-11-9-18-24(10-11)12-4-6-23(7-5-12)27(25,26)13-2-3-15(17)14(8-13)16-19-21-22-20-16/h2-3,8-10,12H,4-7H2,1H3,(H,19,20,21,22). The van der Waals surface area contributed by atoms with Crippen LogP contribution in [0.3, 0.4) is 0 Å². The predicted molar refractivity (Wildman–Crippen MR) is 98.6 cm³/mol. The number of hydrogen-bond donors (Lipinski definition) is 1. The molecule has 11 heteroatoms. The van der Waals surface area contributed by atoms with Gasteiger partial charge in [-0.15, -0.1) is 10.2 Å². The molecule has 3 heterocycles. The first-order valence-electron chi connectivity index (χ1n) is 8.49. The number of aromatic amines is 1. The van der Waals surface area contributed by atoms with Crippen molar-refractivity contribution in [3.63, 3.8) is 0 Å². The third-order valence-electron chi connectivity index (χ3n) is 4.69.